The van der Waals surface area contributed by atoms with E-state index in [-0.39, 0.29) is 18.4 Å². The third-order valence-corrected chi connectivity index (χ3v) is 3.86. The smallest absolute Gasteiger partial charge is 0.254 e. The fourth-order valence-electron chi connectivity index (χ4n) is 1.86. The van der Waals surface area contributed by atoms with Gasteiger partial charge in [0, 0.05) is 35.7 Å². The van der Waals surface area contributed by atoms with Crippen LogP contribution in [0.1, 0.15) is 15.9 Å². The number of carbonyl (C=O) groups excluding carboxylic acids is 1. The minimum atomic E-state index is 0.0588. The summed E-state index contributed by atoms with van der Waals surface area (Å²) in [4.78, 5) is 13.9. The van der Waals surface area contributed by atoms with Gasteiger partial charge in [0.2, 0.25) is 0 Å². The maximum absolute atomic E-state index is 12.1. The Bertz CT molecular complexity index is 413. The highest BCUT2D eigenvalue weighted by Gasteiger charge is 2.31. The summed E-state index contributed by atoms with van der Waals surface area (Å²) in [5.74, 6) is 0.319. The van der Waals surface area contributed by atoms with Gasteiger partial charge in [-0.05, 0) is 24.6 Å². The molecule has 1 amide bonds. The normalized spacial score (nSPS) is 16.1. The maximum atomic E-state index is 12.1. The third kappa shape index (κ3) is 1.99. The van der Waals surface area contributed by atoms with Gasteiger partial charge in [0.15, 0.2) is 0 Å². The van der Waals surface area contributed by atoms with Crippen molar-refractivity contribution in [3.8, 4) is 0 Å². The van der Waals surface area contributed by atoms with Gasteiger partial charge >= 0.3 is 0 Å². The minimum absolute atomic E-state index is 0.0588. The van der Waals surface area contributed by atoms with E-state index in [1.54, 1.807) is 4.90 Å². The van der Waals surface area contributed by atoms with Crippen molar-refractivity contribution in [1.29, 1.82) is 0 Å². The lowest BCUT2D eigenvalue weighted by Crippen LogP contribution is -2.51. The number of rotatable bonds is 2. The summed E-state index contributed by atoms with van der Waals surface area (Å²) in [5, 5.41) is 8.91. The summed E-state index contributed by atoms with van der Waals surface area (Å²) < 4.78 is 0.956. The largest absolute Gasteiger partial charge is 0.396 e. The fourth-order valence-corrected chi connectivity index (χ4v) is 2.23. The van der Waals surface area contributed by atoms with Crippen LogP contribution in [-0.4, -0.2) is 35.6 Å². The van der Waals surface area contributed by atoms with Crippen LogP contribution in [-0.2, 0) is 0 Å². The molecule has 1 aliphatic rings. The van der Waals surface area contributed by atoms with Gasteiger partial charge < -0.3 is 10.0 Å². The summed E-state index contributed by atoms with van der Waals surface area (Å²) in [6, 6.07) is 5.64. The first-order chi connectivity index (χ1) is 7.63. The van der Waals surface area contributed by atoms with Gasteiger partial charge in [0.05, 0.1) is 0 Å². The number of nitrogens with zero attached hydrogens (tertiary/aromatic N) is 1. The molecule has 4 heteroatoms. The van der Waals surface area contributed by atoms with Crippen LogP contribution in [0.4, 0.5) is 0 Å². The molecule has 1 heterocycles. The molecule has 2 rings (SSSR count). The van der Waals surface area contributed by atoms with Gasteiger partial charge in [0.1, 0.15) is 0 Å². The van der Waals surface area contributed by atoms with Gasteiger partial charge in [0.25, 0.3) is 5.91 Å². The fraction of sp³-hybridized carbons (Fsp3) is 0.417. The summed E-state index contributed by atoms with van der Waals surface area (Å²) in [5.41, 5.74) is 1.71. The van der Waals surface area contributed by atoms with E-state index >= 15 is 0 Å². The van der Waals surface area contributed by atoms with Crippen LogP contribution in [0.25, 0.3) is 0 Å². The van der Waals surface area contributed by atoms with Gasteiger partial charge in [-0.15, -0.1) is 0 Å². The molecule has 0 radical (unpaired) electrons. The van der Waals surface area contributed by atoms with E-state index in [2.05, 4.69) is 15.9 Å². The molecule has 0 aromatic heterocycles. The molecule has 1 saturated heterocycles. The Kier molecular flexibility index (Phi) is 3.30. The van der Waals surface area contributed by atoms with Gasteiger partial charge in [-0.2, -0.15) is 0 Å². The van der Waals surface area contributed by atoms with Crippen LogP contribution in [0.2, 0.25) is 0 Å². The van der Waals surface area contributed by atoms with Crippen molar-refractivity contribution in [3.63, 3.8) is 0 Å². The van der Waals surface area contributed by atoms with E-state index in [1.807, 2.05) is 25.1 Å². The Morgan fingerprint density at radius 2 is 2.25 bits per heavy atom. The first-order valence-corrected chi connectivity index (χ1v) is 6.08. The second kappa shape index (κ2) is 4.55. The molecule has 1 aromatic rings. The van der Waals surface area contributed by atoms with Gasteiger partial charge in [-0.3, -0.25) is 4.79 Å². The van der Waals surface area contributed by atoms with Gasteiger partial charge in [-0.25, -0.2) is 0 Å². The molecule has 1 N–H and O–H groups in total. The van der Waals surface area contributed by atoms with Crippen LogP contribution in [0, 0.1) is 12.8 Å². The molecule has 3 nitrogen and oxygen atoms in total. The Morgan fingerprint density at radius 3 is 2.88 bits per heavy atom. The molecule has 0 saturated carbocycles. The first-order valence-electron chi connectivity index (χ1n) is 5.28. The van der Waals surface area contributed by atoms with Crippen molar-refractivity contribution < 1.29 is 9.90 Å². The lowest BCUT2D eigenvalue weighted by atomic mass is 9.98. The lowest BCUT2D eigenvalue weighted by Gasteiger charge is -2.38. The second-order valence-electron chi connectivity index (χ2n) is 4.17. The zero-order chi connectivity index (χ0) is 11.7. The Morgan fingerprint density at radius 1 is 1.56 bits per heavy atom. The van der Waals surface area contributed by atoms with Crippen molar-refractivity contribution in [3.05, 3.63) is 33.8 Å². The SMILES string of the molecule is Cc1c(Br)cccc1C(=O)N1CC(CO)C1. The monoisotopic (exact) mass is 283 g/mol. The summed E-state index contributed by atoms with van der Waals surface area (Å²) in [6.45, 7) is 3.43. The summed E-state index contributed by atoms with van der Waals surface area (Å²) in [7, 11) is 0. The molecule has 16 heavy (non-hydrogen) atoms. The topological polar surface area (TPSA) is 40.5 Å². The number of amides is 1. The average Bonchev–Trinajstić information content (AvgIpc) is 2.20. The van der Waals surface area contributed by atoms with Crippen LogP contribution in [0.15, 0.2) is 22.7 Å². The number of halogens is 1. The van der Waals surface area contributed by atoms with Crippen LogP contribution < -0.4 is 0 Å². The number of benzene rings is 1. The van der Waals surface area contributed by atoms with Crippen LogP contribution >= 0.6 is 15.9 Å². The van der Waals surface area contributed by atoms with Crippen molar-refractivity contribution in [2.45, 2.75) is 6.92 Å². The summed E-state index contributed by atoms with van der Waals surface area (Å²) >= 11 is 3.42. The molecule has 0 aliphatic carbocycles. The minimum Gasteiger partial charge on any atom is -0.396 e. The maximum Gasteiger partial charge on any atom is 0.254 e. The molecular weight excluding hydrogens is 270 g/mol. The molecule has 0 atom stereocenters. The van der Waals surface area contributed by atoms with E-state index in [0.717, 1.165) is 15.6 Å². The van der Waals surface area contributed by atoms with E-state index in [0.29, 0.717) is 13.1 Å². The van der Waals surface area contributed by atoms with Crippen molar-refractivity contribution in [2.75, 3.05) is 19.7 Å². The predicted molar refractivity (Wildman–Crippen MR) is 65.4 cm³/mol. The Hall–Kier alpha value is -0.870. The summed E-state index contributed by atoms with van der Waals surface area (Å²) in [6.07, 6.45) is 0. The van der Waals surface area contributed by atoms with E-state index in [1.165, 1.54) is 0 Å². The zero-order valence-electron chi connectivity index (χ0n) is 9.11. The van der Waals surface area contributed by atoms with Crippen molar-refractivity contribution >= 4 is 21.8 Å². The highest BCUT2D eigenvalue weighted by Crippen LogP contribution is 2.24. The zero-order valence-corrected chi connectivity index (χ0v) is 10.7. The predicted octanol–water partition coefficient (Wildman–Crippen LogP) is 1.82. The molecular formula is C12H14BrNO2. The highest BCUT2D eigenvalue weighted by atomic mass is 79.9. The van der Waals surface area contributed by atoms with E-state index in [9.17, 15) is 4.79 Å². The molecule has 0 bridgehead atoms. The molecule has 0 spiro atoms. The second-order valence-corrected chi connectivity index (χ2v) is 5.03. The van der Waals surface area contributed by atoms with Crippen molar-refractivity contribution in [1.82, 2.24) is 4.90 Å². The molecule has 0 unspecified atom stereocenters. The molecule has 86 valence electrons. The molecule has 1 aliphatic heterocycles. The van der Waals surface area contributed by atoms with Crippen molar-refractivity contribution in [2.24, 2.45) is 5.92 Å². The van der Waals surface area contributed by atoms with E-state index < -0.39 is 0 Å². The number of aliphatic hydroxyl groups is 1. The third-order valence-electron chi connectivity index (χ3n) is 3.00. The molecule has 1 fully saturated rings. The van der Waals surface area contributed by atoms with Crippen LogP contribution in [0.3, 0.4) is 0 Å². The standard InChI is InChI=1S/C12H14BrNO2/c1-8-10(3-2-4-11(8)13)12(16)14-5-9(6-14)7-15/h2-4,9,15H,5-7H2,1H3. The quantitative estimate of drug-likeness (QED) is 0.900. The average molecular weight is 284 g/mol. The number of aliphatic hydroxyl groups excluding tert-OH is 1. The first kappa shape index (κ1) is 11.6. The number of likely N-dealkylation sites (tertiary alicyclic amines) is 1. The van der Waals surface area contributed by atoms with Gasteiger partial charge in [-0.1, -0.05) is 22.0 Å². The van der Waals surface area contributed by atoms with E-state index in [4.69, 9.17) is 5.11 Å². The number of hydrogen-bond acceptors (Lipinski definition) is 2. The highest BCUT2D eigenvalue weighted by molar-refractivity contribution is 9.10. The number of carbonyl (C=O) groups is 1. The number of hydrogen-bond donors (Lipinski definition) is 1. The Labute approximate surface area is 103 Å². The molecule has 1 aromatic carbocycles. The Balaban J connectivity index is 2.13. The lowest BCUT2D eigenvalue weighted by molar-refractivity contribution is 0.0361. The van der Waals surface area contributed by atoms with Crippen LogP contribution in [0.5, 0.6) is 0 Å².